The van der Waals surface area contributed by atoms with E-state index in [1.807, 2.05) is 6.07 Å². The van der Waals surface area contributed by atoms with Crippen molar-refractivity contribution >= 4 is 29.0 Å². The zero-order valence-electron chi connectivity index (χ0n) is 13.4. The molecule has 1 N–H and O–H groups in total. The van der Waals surface area contributed by atoms with Crippen LogP contribution >= 0.6 is 11.6 Å². The number of nitrogens with one attached hydrogen (secondary N) is 1. The lowest BCUT2D eigenvalue weighted by molar-refractivity contribution is 0.102. The van der Waals surface area contributed by atoms with E-state index in [2.05, 4.69) is 34.3 Å². The van der Waals surface area contributed by atoms with Crippen molar-refractivity contribution in [3.05, 3.63) is 47.1 Å². The second-order valence-electron chi connectivity index (χ2n) is 5.23. The van der Waals surface area contributed by atoms with Gasteiger partial charge in [-0.15, -0.1) is 10.2 Å². The Balaban J connectivity index is 2.07. The van der Waals surface area contributed by atoms with Crippen LogP contribution in [0.5, 0.6) is 0 Å². The fourth-order valence-corrected chi connectivity index (χ4v) is 2.45. The van der Waals surface area contributed by atoms with E-state index in [9.17, 15) is 4.79 Å². The van der Waals surface area contributed by atoms with Crippen molar-refractivity contribution in [3.8, 4) is 0 Å². The summed E-state index contributed by atoms with van der Waals surface area (Å²) in [6.07, 6.45) is 2.08. The SMILES string of the molecule is CCCN(CCC)c1ccc(C(=O)Nc2cccc(Cl)c2)nn1. The summed E-state index contributed by atoms with van der Waals surface area (Å²) >= 11 is 5.90. The number of carbonyl (C=O) groups excluding carboxylic acids is 1. The molecule has 1 amide bonds. The molecule has 0 atom stereocenters. The fraction of sp³-hybridized carbons (Fsp3) is 0.353. The first-order chi connectivity index (χ1) is 11.1. The average Bonchev–Trinajstić information content (AvgIpc) is 2.55. The maximum Gasteiger partial charge on any atom is 0.276 e. The number of nitrogens with zero attached hydrogens (tertiary/aromatic N) is 3. The number of anilines is 2. The summed E-state index contributed by atoms with van der Waals surface area (Å²) in [6, 6.07) is 10.5. The highest BCUT2D eigenvalue weighted by Gasteiger charge is 2.11. The average molecular weight is 333 g/mol. The third-order valence-corrected chi connectivity index (χ3v) is 3.51. The molecule has 0 radical (unpaired) electrons. The molecule has 122 valence electrons. The van der Waals surface area contributed by atoms with Crippen molar-refractivity contribution < 1.29 is 4.79 Å². The van der Waals surface area contributed by atoms with Gasteiger partial charge in [0.25, 0.3) is 5.91 Å². The van der Waals surface area contributed by atoms with Crippen LogP contribution in [0.1, 0.15) is 37.2 Å². The minimum absolute atomic E-state index is 0.279. The lowest BCUT2D eigenvalue weighted by atomic mass is 10.3. The molecule has 0 saturated heterocycles. The predicted octanol–water partition coefficient (Wildman–Crippen LogP) is 4.01. The van der Waals surface area contributed by atoms with E-state index in [0.717, 1.165) is 31.7 Å². The molecule has 6 heteroatoms. The minimum Gasteiger partial charge on any atom is -0.355 e. The predicted molar refractivity (Wildman–Crippen MR) is 94.2 cm³/mol. The molecule has 0 saturated carbocycles. The van der Waals surface area contributed by atoms with Crippen molar-refractivity contribution in [2.75, 3.05) is 23.3 Å². The maximum atomic E-state index is 12.2. The Kier molecular flexibility index (Phi) is 6.35. The molecule has 2 rings (SSSR count). The molecule has 0 aliphatic carbocycles. The monoisotopic (exact) mass is 332 g/mol. The molecule has 0 spiro atoms. The van der Waals surface area contributed by atoms with Crippen LogP contribution in [-0.2, 0) is 0 Å². The van der Waals surface area contributed by atoms with Crippen molar-refractivity contribution in [2.24, 2.45) is 0 Å². The highest BCUT2D eigenvalue weighted by molar-refractivity contribution is 6.30. The Bertz CT molecular complexity index is 639. The molecular formula is C17H21ClN4O. The van der Waals surface area contributed by atoms with Gasteiger partial charge in [-0.1, -0.05) is 31.5 Å². The largest absolute Gasteiger partial charge is 0.355 e. The van der Waals surface area contributed by atoms with Gasteiger partial charge >= 0.3 is 0 Å². The third-order valence-electron chi connectivity index (χ3n) is 3.28. The third kappa shape index (κ3) is 4.93. The molecular weight excluding hydrogens is 312 g/mol. The van der Waals surface area contributed by atoms with Gasteiger partial charge in [-0.3, -0.25) is 4.79 Å². The summed E-state index contributed by atoms with van der Waals surface area (Å²) in [7, 11) is 0. The number of hydrogen-bond donors (Lipinski definition) is 1. The standard InChI is InChI=1S/C17H21ClN4O/c1-3-10-22(11-4-2)16-9-8-15(20-21-16)17(23)19-14-7-5-6-13(18)12-14/h5-9,12H,3-4,10-11H2,1-2H3,(H,19,23). The number of benzene rings is 1. The Morgan fingerprint density at radius 1 is 1.13 bits per heavy atom. The zero-order valence-corrected chi connectivity index (χ0v) is 14.2. The lowest BCUT2D eigenvalue weighted by Gasteiger charge is -2.21. The van der Waals surface area contributed by atoms with Crippen LogP contribution in [0.15, 0.2) is 36.4 Å². The van der Waals surface area contributed by atoms with Crippen LogP contribution in [-0.4, -0.2) is 29.2 Å². The van der Waals surface area contributed by atoms with Gasteiger partial charge in [0.15, 0.2) is 11.5 Å². The molecule has 1 aromatic heterocycles. The maximum absolute atomic E-state index is 12.2. The Hall–Kier alpha value is -2.14. The minimum atomic E-state index is -0.302. The van der Waals surface area contributed by atoms with Crippen LogP contribution in [0.3, 0.4) is 0 Å². The van der Waals surface area contributed by atoms with Crippen molar-refractivity contribution in [2.45, 2.75) is 26.7 Å². The summed E-state index contributed by atoms with van der Waals surface area (Å²) in [5, 5.41) is 11.6. The zero-order chi connectivity index (χ0) is 16.7. The Labute approximate surface area is 141 Å². The van der Waals surface area contributed by atoms with Crippen LogP contribution in [0.4, 0.5) is 11.5 Å². The van der Waals surface area contributed by atoms with Gasteiger partial charge in [0.05, 0.1) is 0 Å². The summed E-state index contributed by atoms with van der Waals surface area (Å²) < 4.78 is 0. The van der Waals surface area contributed by atoms with Crippen molar-refractivity contribution in [1.82, 2.24) is 10.2 Å². The highest BCUT2D eigenvalue weighted by atomic mass is 35.5. The molecule has 0 aliphatic rings. The van der Waals surface area contributed by atoms with E-state index in [4.69, 9.17) is 11.6 Å². The van der Waals surface area contributed by atoms with Gasteiger partial charge < -0.3 is 10.2 Å². The second-order valence-corrected chi connectivity index (χ2v) is 5.66. The van der Waals surface area contributed by atoms with Crippen LogP contribution in [0, 0.1) is 0 Å². The van der Waals surface area contributed by atoms with Crippen molar-refractivity contribution in [3.63, 3.8) is 0 Å². The first-order valence-electron chi connectivity index (χ1n) is 7.79. The Morgan fingerprint density at radius 3 is 2.43 bits per heavy atom. The molecule has 1 aromatic carbocycles. The quantitative estimate of drug-likeness (QED) is 0.832. The van der Waals surface area contributed by atoms with Gasteiger partial charge in [0.1, 0.15) is 0 Å². The van der Waals surface area contributed by atoms with Gasteiger partial charge in [0.2, 0.25) is 0 Å². The molecule has 0 aliphatic heterocycles. The number of rotatable bonds is 7. The first kappa shape index (κ1) is 17.2. The summed E-state index contributed by atoms with van der Waals surface area (Å²) in [4.78, 5) is 14.4. The number of aromatic nitrogens is 2. The van der Waals surface area contributed by atoms with Crippen LogP contribution in [0.25, 0.3) is 0 Å². The number of hydrogen-bond acceptors (Lipinski definition) is 4. The molecule has 1 heterocycles. The van der Waals surface area contributed by atoms with E-state index in [-0.39, 0.29) is 11.6 Å². The molecule has 2 aromatic rings. The fourth-order valence-electron chi connectivity index (χ4n) is 2.26. The van der Waals surface area contributed by atoms with Gasteiger partial charge in [-0.25, -0.2) is 0 Å². The number of carbonyl (C=O) groups is 1. The van der Waals surface area contributed by atoms with E-state index in [0.29, 0.717) is 10.7 Å². The summed E-state index contributed by atoms with van der Waals surface area (Å²) in [6.45, 7) is 6.11. The van der Waals surface area contributed by atoms with Crippen LogP contribution < -0.4 is 10.2 Å². The smallest absolute Gasteiger partial charge is 0.276 e. The lowest BCUT2D eigenvalue weighted by Crippen LogP contribution is -2.26. The Morgan fingerprint density at radius 2 is 1.87 bits per heavy atom. The van der Waals surface area contributed by atoms with E-state index in [1.165, 1.54) is 0 Å². The summed E-state index contributed by atoms with van der Waals surface area (Å²) in [5.41, 5.74) is 0.911. The van der Waals surface area contributed by atoms with Gasteiger partial charge in [-0.2, -0.15) is 0 Å². The molecule has 23 heavy (non-hydrogen) atoms. The second kappa shape index (κ2) is 8.48. The molecule has 5 nitrogen and oxygen atoms in total. The van der Waals surface area contributed by atoms with Gasteiger partial charge in [-0.05, 0) is 43.2 Å². The van der Waals surface area contributed by atoms with Crippen molar-refractivity contribution in [1.29, 1.82) is 0 Å². The number of amides is 1. The topological polar surface area (TPSA) is 58.1 Å². The molecule has 0 unspecified atom stereocenters. The molecule has 0 fully saturated rings. The van der Waals surface area contributed by atoms with E-state index >= 15 is 0 Å². The summed E-state index contributed by atoms with van der Waals surface area (Å²) in [5.74, 6) is 0.497. The van der Waals surface area contributed by atoms with Gasteiger partial charge in [0, 0.05) is 23.8 Å². The van der Waals surface area contributed by atoms with Crippen LogP contribution in [0.2, 0.25) is 5.02 Å². The first-order valence-corrected chi connectivity index (χ1v) is 8.17. The number of halogens is 1. The highest BCUT2D eigenvalue weighted by Crippen LogP contribution is 2.16. The normalized spacial score (nSPS) is 10.4. The van der Waals surface area contributed by atoms with E-state index in [1.54, 1.807) is 30.3 Å². The van der Waals surface area contributed by atoms with E-state index < -0.39 is 0 Å². The molecule has 0 bridgehead atoms.